The minimum atomic E-state index is -0.351. The van der Waals surface area contributed by atoms with Crippen LogP contribution in [0, 0.1) is 5.82 Å². The number of rotatable bonds is 9. The number of ether oxygens (including phenoxy) is 2. The molecule has 3 rings (SSSR count). The molecule has 0 spiro atoms. The van der Waals surface area contributed by atoms with E-state index in [0.29, 0.717) is 12.4 Å². The fraction of sp³-hybridized carbons (Fsp3) is 0.308. The van der Waals surface area contributed by atoms with Crippen LogP contribution in [0.2, 0.25) is 0 Å². The van der Waals surface area contributed by atoms with Crippen molar-refractivity contribution in [2.45, 2.75) is 45.4 Å². The zero-order valence-corrected chi connectivity index (χ0v) is 17.5. The van der Waals surface area contributed by atoms with E-state index in [-0.39, 0.29) is 17.0 Å². The fourth-order valence-corrected chi connectivity index (χ4v) is 3.81. The average Bonchev–Trinajstić information content (AvgIpc) is 2.72. The largest absolute Gasteiger partial charge is 0.494 e. The minimum Gasteiger partial charge on any atom is -0.494 e. The smallest absolute Gasteiger partial charge is 0.165 e. The van der Waals surface area contributed by atoms with Gasteiger partial charge in [0.05, 0.1) is 6.61 Å². The van der Waals surface area contributed by atoms with Crippen LogP contribution in [-0.4, -0.2) is 6.61 Å². The Kier molecular flexibility index (Phi) is 6.92. The molecule has 2 nitrogen and oxygen atoms in total. The highest BCUT2D eigenvalue weighted by Gasteiger charge is 2.26. The summed E-state index contributed by atoms with van der Waals surface area (Å²) in [5, 5.41) is 0. The number of hydrogen-bond acceptors (Lipinski definition) is 2. The summed E-state index contributed by atoms with van der Waals surface area (Å²) < 4.78 is 25.7. The van der Waals surface area contributed by atoms with Crippen LogP contribution in [0.1, 0.15) is 44.7 Å². The quantitative estimate of drug-likeness (QED) is 0.380. The zero-order chi connectivity index (χ0) is 20.7. The summed E-state index contributed by atoms with van der Waals surface area (Å²) in [6, 6.07) is 22.8. The van der Waals surface area contributed by atoms with Gasteiger partial charge in [-0.05, 0) is 72.7 Å². The van der Waals surface area contributed by atoms with E-state index < -0.39 is 0 Å². The molecule has 1 unspecified atom stereocenters. The first kappa shape index (κ1) is 20.9. The van der Waals surface area contributed by atoms with Gasteiger partial charge in [0.2, 0.25) is 0 Å². The van der Waals surface area contributed by atoms with Gasteiger partial charge in [-0.3, -0.25) is 0 Å². The summed E-state index contributed by atoms with van der Waals surface area (Å²) in [4.78, 5) is 0. The molecule has 0 aliphatic heterocycles. The normalized spacial score (nSPS) is 13.0. The number of benzene rings is 3. The molecule has 0 bridgehead atoms. The third-order valence-corrected chi connectivity index (χ3v) is 5.22. The molecule has 0 N–H and O–H groups in total. The van der Waals surface area contributed by atoms with Crippen molar-refractivity contribution in [3.05, 3.63) is 89.7 Å². The monoisotopic (exact) mass is 392 g/mol. The second-order valence-corrected chi connectivity index (χ2v) is 7.62. The molecule has 0 radical (unpaired) electrons. The van der Waals surface area contributed by atoms with E-state index in [1.54, 1.807) is 0 Å². The molecule has 0 aliphatic carbocycles. The van der Waals surface area contributed by atoms with Gasteiger partial charge in [0, 0.05) is 0 Å². The molecule has 3 aromatic carbocycles. The number of hydrogen-bond donors (Lipinski definition) is 0. The summed E-state index contributed by atoms with van der Waals surface area (Å²) in [5.74, 6) is 1.43. The van der Waals surface area contributed by atoms with E-state index in [9.17, 15) is 4.39 Å². The topological polar surface area (TPSA) is 18.5 Å². The maximum atomic E-state index is 14.3. The molecule has 3 heteroatoms. The van der Waals surface area contributed by atoms with Gasteiger partial charge >= 0.3 is 0 Å². The predicted molar refractivity (Wildman–Crippen MR) is 116 cm³/mol. The second kappa shape index (κ2) is 9.60. The molecule has 29 heavy (non-hydrogen) atoms. The summed E-state index contributed by atoms with van der Waals surface area (Å²) in [6.45, 7) is 7.11. The zero-order valence-electron chi connectivity index (χ0n) is 17.5. The van der Waals surface area contributed by atoms with Crippen LogP contribution in [0.3, 0.4) is 0 Å². The lowest BCUT2D eigenvalue weighted by Gasteiger charge is -2.30. The standard InChI is InChI=1S/C26H29FO2/c1-4-17-26(3,21-12-14-22(15-13-21)28-5-2)19-20-11-16-24(27)25(18-20)29-23-9-7-6-8-10-23/h6-16,18H,4-5,17,19H2,1-3H3. The van der Waals surface area contributed by atoms with Crippen molar-refractivity contribution in [2.24, 2.45) is 0 Å². The summed E-state index contributed by atoms with van der Waals surface area (Å²) in [6.07, 6.45) is 2.91. The molecule has 0 aliphatic rings. The summed E-state index contributed by atoms with van der Waals surface area (Å²) in [7, 11) is 0. The van der Waals surface area contributed by atoms with E-state index >= 15 is 0 Å². The van der Waals surface area contributed by atoms with Gasteiger partial charge in [-0.25, -0.2) is 4.39 Å². The third-order valence-electron chi connectivity index (χ3n) is 5.22. The van der Waals surface area contributed by atoms with Crippen molar-refractivity contribution in [3.63, 3.8) is 0 Å². The summed E-state index contributed by atoms with van der Waals surface area (Å²) >= 11 is 0. The summed E-state index contributed by atoms with van der Waals surface area (Å²) in [5.41, 5.74) is 2.27. The molecule has 0 aromatic heterocycles. The van der Waals surface area contributed by atoms with Crippen LogP contribution in [0.25, 0.3) is 0 Å². The first-order chi connectivity index (χ1) is 14.0. The van der Waals surface area contributed by atoms with Crippen molar-refractivity contribution in [1.29, 1.82) is 0 Å². The van der Waals surface area contributed by atoms with Gasteiger partial charge in [0.25, 0.3) is 0 Å². The van der Waals surface area contributed by atoms with Gasteiger partial charge in [-0.15, -0.1) is 0 Å². The Morgan fingerprint density at radius 1 is 0.862 bits per heavy atom. The van der Waals surface area contributed by atoms with Gasteiger partial charge in [0.15, 0.2) is 11.6 Å². The molecule has 0 amide bonds. The van der Waals surface area contributed by atoms with Crippen molar-refractivity contribution in [2.75, 3.05) is 6.61 Å². The molecule has 1 atom stereocenters. The maximum absolute atomic E-state index is 14.3. The molecule has 0 saturated heterocycles. The predicted octanol–water partition coefficient (Wildman–Crippen LogP) is 7.32. The number of para-hydroxylation sites is 1. The lowest BCUT2D eigenvalue weighted by atomic mass is 9.74. The molecule has 0 fully saturated rings. The molecule has 0 saturated carbocycles. The van der Waals surface area contributed by atoms with Crippen LogP contribution < -0.4 is 9.47 Å². The average molecular weight is 393 g/mol. The van der Waals surface area contributed by atoms with Crippen LogP contribution in [0.15, 0.2) is 72.8 Å². The first-order valence-corrected chi connectivity index (χ1v) is 10.3. The van der Waals surface area contributed by atoms with E-state index in [0.717, 1.165) is 30.6 Å². The Morgan fingerprint density at radius 2 is 1.59 bits per heavy atom. The fourth-order valence-electron chi connectivity index (χ4n) is 3.81. The lowest BCUT2D eigenvalue weighted by molar-refractivity contribution is 0.339. The van der Waals surface area contributed by atoms with E-state index in [1.165, 1.54) is 11.6 Å². The van der Waals surface area contributed by atoms with Gasteiger partial charge in [0.1, 0.15) is 11.5 Å². The van der Waals surface area contributed by atoms with E-state index in [1.807, 2.05) is 61.5 Å². The van der Waals surface area contributed by atoms with Crippen LogP contribution in [0.4, 0.5) is 4.39 Å². The Balaban J connectivity index is 1.85. The minimum absolute atomic E-state index is 0.0542. The van der Waals surface area contributed by atoms with Gasteiger partial charge < -0.3 is 9.47 Å². The maximum Gasteiger partial charge on any atom is 0.165 e. The van der Waals surface area contributed by atoms with Crippen molar-refractivity contribution in [1.82, 2.24) is 0 Å². The van der Waals surface area contributed by atoms with Gasteiger partial charge in [-0.2, -0.15) is 0 Å². The highest BCUT2D eigenvalue weighted by atomic mass is 19.1. The second-order valence-electron chi connectivity index (χ2n) is 7.62. The third kappa shape index (κ3) is 5.38. The Hall–Kier alpha value is -2.81. The number of halogens is 1. The van der Waals surface area contributed by atoms with Crippen molar-refractivity contribution in [3.8, 4) is 17.2 Å². The van der Waals surface area contributed by atoms with Crippen molar-refractivity contribution < 1.29 is 13.9 Å². The van der Waals surface area contributed by atoms with Gasteiger partial charge in [-0.1, -0.05) is 56.7 Å². The molecular formula is C26H29FO2. The molecular weight excluding hydrogens is 363 g/mol. The SMILES string of the molecule is CCCC(C)(Cc1ccc(F)c(Oc2ccccc2)c1)c1ccc(OCC)cc1. The van der Waals surface area contributed by atoms with E-state index in [4.69, 9.17) is 9.47 Å². The Morgan fingerprint density at radius 3 is 2.24 bits per heavy atom. The highest BCUT2D eigenvalue weighted by molar-refractivity contribution is 5.38. The molecule has 152 valence electrons. The molecule has 3 aromatic rings. The Labute approximate surface area is 173 Å². The lowest BCUT2D eigenvalue weighted by Crippen LogP contribution is -2.25. The molecule has 0 heterocycles. The van der Waals surface area contributed by atoms with Crippen LogP contribution in [-0.2, 0) is 11.8 Å². The van der Waals surface area contributed by atoms with Crippen LogP contribution in [0.5, 0.6) is 17.2 Å². The Bertz CT molecular complexity index is 906. The first-order valence-electron chi connectivity index (χ1n) is 10.3. The van der Waals surface area contributed by atoms with E-state index in [2.05, 4.69) is 26.0 Å². The van der Waals surface area contributed by atoms with Crippen LogP contribution >= 0.6 is 0 Å². The highest BCUT2D eigenvalue weighted by Crippen LogP contribution is 2.35. The van der Waals surface area contributed by atoms with Crippen molar-refractivity contribution >= 4 is 0 Å².